The highest BCUT2D eigenvalue weighted by atomic mass is 35.5. The Bertz CT molecular complexity index is 523. The van der Waals surface area contributed by atoms with Crippen molar-refractivity contribution in [3.8, 4) is 0 Å². The molecule has 3 N–H and O–H groups in total. The maximum absolute atomic E-state index is 12.1. The maximum Gasteiger partial charge on any atom is 0.240 e. The first-order chi connectivity index (χ1) is 8.77. The van der Waals surface area contributed by atoms with Crippen LogP contribution in [0, 0.1) is 6.92 Å². The lowest BCUT2D eigenvalue weighted by molar-refractivity contribution is 0.358. The molecule has 0 spiro atoms. The molecular formula is C12H20ClN3O2S. The molecular weight excluding hydrogens is 286 g/mol. The van der Waals surface area contributed by atoms with Gasteiger partial charge in [0.05, 0.1) is 4.90 Å². The third-order valence-electron chi connectivity index (χ3n) is 2.99. The fraction of sp³-hybridized carbons (Fsp3) is 0.500. The van der Waals surface area contributed by atoms with Crippen molar-refractivity contribution in [2.75, 3.05) is 32.4 Å². The van der Waals surface area contributed by atoms with E-state index < -0.39 is 10.0 Å². The highest BCUT2D eigenvalue weighted by molar-refractivity contribution is 7.89. The summed E-state index contributed by atoms with van der Waals surface area (Å²) in [5.41, 5.74) is 6.79. The van der Waals surface area contributed by atoms with Crippen molar-refractivity contribution >= 4 is 27.3 Å². The molecule has 0 aliphatic carbocycles. The fourth-order valence-corrected chi connectivity index (χ4v) is 2.81. The van der Waals surface area contributed by atoms with Crippen LogP contribution in [0.4, 0.5) is 5.69 Å². The largest absolute Gasteiger partial charge is 0.398 e. The van der Waals surface area contributed by atoms with Gasteiger partial charge in [-0.3, -0.25) is 0 Å². The summed E-state index contributed by atoms with van der Waals surface area (Å²) in [4.78, 5) is 2.11. The predicted octanol–water partition coefficient (Wildman–Crippen LogP) is 1.46. The molecule has 0 saturated carbocycles. The number of anilines is 1. The van der Waals surface area contributed by atoms with Crippen LogP contribution >= 0.6 is 11.6 Å². The van der Waals surface area contributed by atoms with Crippen LogP contribution in [0.2, 0.25) is 5.02 Å². The number of nitrogens with one attached hydrogen (secondary N) is 1. The molecule has 0 saturated heterocycles. The normalized spacial score (nSPS) is 12.1. The topological polar surface area (TPSA) is 75.4 Å². The number of halogens is 1. The molecule has 19 heavy (non-hydrogen) atoms. The van der Waals surface area contributed by atoms with Crippen molar-refractivity contribution in [2.45, 2.75) is 18.7 Å². The quantitative estimate of drug-likeness (QED) is 0.780. The summed E-state index contributed by atoms with van der Waals surface area (Å²) in [5.74, 6) is 0. The monoisotopic (exact) mass is 305 g/mol. The van der Waals surface area contributed by atoms with Gasteiger partial charge in [0.15, 0.2) is 0 Å². The highest BCUT2D eigenvalue weighted by Gasteiger charge is 2.16. The lowest BCUT2D eigenvalue weighted by Crippen LogP contribution is -2.33. The SMILES string of the molecule is CCN(C)CCNS(=O)(=O)c1cc(N)c(C)c(Cl)c1. The Morgan fingerprint density at radius 1 is 1.42 bits per heavy atom. The number of likely N-dealkylation sites (N-methyl/N-ethyl adjacent to an activating group) is 1. The van der Waals surface area contributed by atoms with Crippen molar-refractivity contribution in [1.82, 2.24) is 9.62 Å². The Kier molecular flexibility index (Phi) is 5.61. The van der Waals surface area contributed by atoms with Crippen LogP contribution < -0.4 is 10.5 Å². The average molecular weight is 306 g/mol. The minimum atomic E-state index is -3.57. The van der Waals surface area contributed by atoms with Gasteiger partial charge in [0.2, 0.25) is 10.0 Å². The Hall–Kier alpha value is -0.820. The summed E-state index contributed by atoms with van der Waals surface area (Å²) in [6.07, 6.45) is 0. The molecule has 0 heterocycles. The van der Waals surface area contributed by atoms with Crippen molar-refractivity contribution < 1.29 is 8.42 Å². The van der Waals surface area contributed by atoms with Crippen molar-refractivity contribution in [3.05, 3.63) is 22.7 Å². The summed E-state index contributed by atoms with van der Waals surface area (Å²) in [5, 5.41) is 0.353. The second-order valence-corrected chi connectivity index (χ2v) is 6.59. The van der Waals surface area contributed by atoms with E-state index in [2.05, 4.69) is 4.72 Å². The van der Waals surface area contributed by atoms with Gasteiger partial charge in [0.25, 0.3) is 0 Å². The van der Waals surface area contributed by atoms with Crippen molar-refractivity contribution in [3.63, 3.8) is 0 Å². The standard InChI is InChI=1S/C12H20ClN3O2S/c1-4-16(3)6-5-15-19(17,18)10-7-11(13)9(2)12(14)8-10/h7-8,15H,4-6,14H2,1-3H3. The first-order valence-corrected chi connectivity index (χ1v) is 7.88. The number of nitrogens with two attached hydrogens (primary N) is 1. The van der Waals surface area contributed by atoms with Gasteiger partial charge in [-0.25, -0.2) is 13.1 Å². The minimum Gasteiger partial charge on any atom is -0.398 e. The Balaban J connectivity index is 2.83. The van der Waals surface area contributed by atoms with E-state index in [1.807, 2.05) is 18.9 Å². The van der Waals surface area contributed by atoms with Crippen LogP contribution in [0.25, 0.3) is 0 Å². The van der Waals surface area contributed by atoms with Gasteiger partial charge in [-0.05, 0) is 38.2 Å². The zero-order valence-corrected chi connectivity index (χ0v) is 13.0. The molecule has 0 fully saturated rings. The number of hydrogen-bond acceptors (Lipinski definition) is 4. The number of rotatable bonds is 6. The van der Waals surface area contributed by atoms with Gasteiger partial charge < -0.3 is 10.6 Å². The number of benzene rings is 1. The first kappa shape index (κ1) is 16.2. The van der Waals surface area contributed by atoms with Crippen LogP contribution in [0.3, 0.4) is 0 Å². The number of nitrogen functional groups attached to an aromatic ring is 1. The van der Waals surface area contributed by atoms with E-state index >= 15 is 0 Å². The summed E-state index contributed by atoms with van der Waals surface area (Å²) in [6, 6.07) is 2.84. The molecule has 0 atom stereocenters. The molecule has 5 nitrogen and oxygen atoms in total. The molecule has 0 aliphatic heterocycles. The molecule has 0 aromatic heterocycles. The van der Waals surface area contributed by atoms with Crippen LogP contribution in [0.1, 0.15) is 12.5 Å². The Morgan fingerprint density at radius 3 is 2.58 bits per heavy atom. The van der Waals surface area contributed by atoms with E-state index in [-0.39, 0.29) is 4.90 Å². The first-order valence-electron chi connectivity index (χ1n) is 6.01. The van der Waals surface area contributed by atoms with Gasteiger partial charge >= 0.3 is 0 Å². The predicted molar refractivity (Wildman–Crippen MR) is 79.0 cm³/mol. The average Bonchev–Trinajstić information content (AvgIpc) is 2.34. The van der Waals surface area contributed by atoms with Gasteiger partial charge in [-0.1, -0.05) is 18.5 Å². The van der Waals surface area contributed by atoms with E-state index in [0.717, 1.165) is 6.54 Å². The minimum absolute atomic E-state index is 0.0970. The maximum atomic E-state index is 12.1. The third-order valence-corrected chi connectivity index (χ3v) is 4.83. The molecule has 0 radical (unpaired) electrons. The molecule has 1 aromatic carbocycles. The van der Waals surface area contributed by atoms with E-state index in [9.17, 15) is 8.42 Å². The highest BCUT2D eigenvalue weighted by Crippen LogP contribution is 2.25. The van der Waals surface area contributed by atoms with Gasteiger partial charge in [-0.2, -0.15) is 0 Å². The number of nitrogens with zero attached hydrogens (tertiary/aromatic N) is 1. The second-order valence-electron chi connectivity index (χ2n) is 4.41. The molecule has 7 heteroatoms. The third kappa shape index (κ3) is 4.35. The van der Waals surface area contributed by atoms with Gasteiger partial charge in [0.1, 0.15) is 0 Å². The van der Waals surface area contributed by atoms with E-state index in [1.54, 1.807) is 6.92 Å². The van der Waals surface area contributed by atoms with Crippen LogP contribution in [0.15, 0.2) is 17.0 Å². The summed E-state index contributed by atoms with van der Waals surface area (Å²) < 4.78 is 26.7. The van der Waals surface area contributed by atoms with Gasteiger partial charge in [0, 0.05) is 23.8 Å². The van der Waals surface area contributed by atoms with Crippen LogP contribution in [-0.2, 0) is 10.0 Å². The zero-order chi connectivity index (χ0) is 14.6. The van der Waals surface area contributed by atoms with Gasteiger partial charge in [-0.15, -0.1) is 0 Å². The summed E-state index contributed by atoms with van der Waals surface area (Å²) >= 11 is 5.95. The molecule has 1 aromatic rings. The molecule has 0 amide bonds. The van der Waals surface area contributed by atoms with E-state index in [1.165, 1.54) is 12.1 Å². The second kappa shape index (κ2) is 6.56. The molecule has 0 bridgehead atoms. The lowest BCUT2D eigenvalue weighted by atomic mass is 10.2. The van der Waals surface area contributed by atoms with Crippen LogP contribution in [0.5, 0.6) is 0 Å². The van der Waals surface area contributed by atoms with E-state index in [4.69, 9.17) is 17.3 Å². The fourth-order valence-electron chi connectivity index (χ4n) is 1.44. The van der Waals surface area contributed by atoms with Crippen molar-refractivity contribution in [2.24, 2.45) is 0 Å². The van der Waals surface area contributed by atoms with Crippen molar-refractivity contribution in [1.29, 1.82) is 0 Å². The number of sulfonamides is 1. The van der Waals surface area contributed by atoms with Crippen LogP contribution in [-0.4, -0.2) is 40.0 Å². The zero-order valence-electron chi connectivity index (χ0n) is 11.4. The molecule has 1 rings (SSSR count). The molecule has 0 aliphatic rings. The van der Waals surface area contributed by atoms with E-state index in [0.29, 0.717) is 29.4 Å². The summed E-state index contributed by atoms with van der Waals surface area (Å²) in [6.45, 7) is 5.61. The smallest absolute Gasteiger partial charge is 0.240 e. The Morgan fingerprint density at radius 2 is 2.05 bits per heavy atom. The number of hydrogen-bond donors (Lipinski definition) is 2. The summed E-state index contributed by atoms with van der Waals surface area (Å²) in [7, 11) is -1.64. The Labute approximate surface area is 119 Å². The molecule has 0 unspecified atom stereocenters. The lowest BCUT2D eigenvalue weighted by Gasteiger charge is -2.14. The molecule has 108 valence electrons.